The molecule has 2 fully saturated rings. The van der Waals surface area contributed by atoms with Gasteiger partial charge in [-0.15, -0.1) is 0 Å². The average Bonchev–Trinajstić information content (AvgIpc) is 2.60. The maximum atomic E-state index is 11.8. The Hall–Kier alpha value is -0.810. The fourth-order valence-corrected chi connectivity index (χ4v) is 2.73. The van der Waals surface area contributed by atoms with Crippen LogP contribution < -0.4 is 5.73 Å². The molecule has 1 unspecified atom stereocenters. The SMILES string of the molecule is CC(C)(C)OC(=O)N1CC(N2CCCC2CN)C1. The Kier molecular flexibility index (Phi) is 3.82. The van der Waals surface area contributed by atoms with Gasteiger partial charge in [0.15, 0.2) is 0 Å². The number of ether oxygens (including phenoxy) is 1. The molecule has 1 atom stereocenters. The molecule has 0 radical (unpaired) electrons. The third-order valence-corrected chi connectivity index (χ3v) is 3.68. The molecule has 5 heteroatoms. The van der Waals surface area contributed by atoms with Gasteiger partial charge in [0, 0.05) is 31.7 Å². The molecule has 0 bridgehead atoms. The highest BCUT2D eigenvalue weighted by molar-refractivity contribution is 5.69. The monoisotopic (exact) mass is 255 g/mol. The number of likely N-dealkylation sites (tertiary alicyclic amines) is 2. The Bertz CT molecular complexity index is 308. The van der Waals surface area contributed by atoms with Gasteiger partial charge in [-0.3, -0.25) is 4.90 Å². The van der Waals surface area contributed by atoms with Crippen LogP contribution in [0.5, 0.6) is 0 Å². The van der Waals surface area contributed by atoms with Gasteiger partial charge in [-0.2, -0.15) is 0 Å². The second-order valence-corrected chi connectivity index (χ2v) is 6.31. The van der Waals surface area contributed by atoms with E-state index in [4.69, 9.17) is 10.5 Å². The predicted molar refractivity (Wildman–Crippen MR) is 70.4 cm³/mol. The summed E-state index contributed by atoms with van der Waals surface area (Å²) in [6, 6.07) is 0.990. The van der Waals surface area contributed by atoms with E-state index in [-0.39, 0.29) is 6.09 Å². The molecule has 0 aromatic heterocycles. The molecule has 0 saturated carbocycles. The van der Waals surface area contributed by atoms with Crippen molar-refractivity contribution in [3.8, 4) is 0 Å². The first-order chi connectivity index (χ1) is 8.40. The zero-order valence-corrected chi connectivity index (χ0v) is 11.7. The molecule has 18 heavy (non-hydrogen) atoms. The maximum Gasteiger partial charge on any atom is 0.410 e. The normalized spacial score (nSPS) is 26.2. The third kappa shape index (κ3) is 2.95. The van der Waals surface area contributed by atoms with E-state index in [1.807, 2.05) is 20.8 Å². The van der Waals surface area contributed by atoms with Crippen molar-refractivity contribution in [3.05, 3.63) is 0 Å². The highest BCUT2D eigenvalue weighted by atomic mass is 16.6. The molecule has 2 N–H and O–H groups in total. The first-order valence-corrected chi connectivity index (χ1v) is 6.84. The van der Waals surface area contributed by atoms with Crippen LogP contribution in [0.1, 0.15) is 33.6 Å². The van der Waals surface area contributed by atoms with Crippen LogP contribution in [0.3, 0.4) is 0 Å². The quantitative estimate of drug-likeness (QED) is 0.800. The minimum Gasteiger partial charge on any atom is -0.444 e. The molecular formula is C13H25N3O2. The second kappa shape index (κ2) is 5.05. The van der Waals surface area contributed by atoms with Gasteiger partial charge in [0.05, 0.1) is 0 Å². The number of amides is 1. The summed E-state index contributed by atoms with van der Waals surface area (Å²) >= 11 is 0. The Morgan fingerprint density at radius 1 is 1.39 bits per heavy atom. The molecule has 2 rings (SSSR count). The van der Waals surface area contributed by atoms with Crippen molar-refractivity contribution in [2.75, 3.05) is 26.2 Å². The number of carbonyl (C=O) groups is 1. The van der Waals surface area contributed by atoms with Gasteiger partial charge < -0.3 is 15.4 Å². The summed E-state index contributed by atoms with van der Waals surface area (Å²) < 4.78 is 5.35. The molecule has 0 aliphatic carbocycles. The summed E-state index contributed by atoms with van der Waals surface area (Å²) in [5, 5.41) is 0. The van der Waals surface area contributed by atoms with Crippen LogP contribution in [-0.2, 0) is 4.74 Å². The van der Waals surface area contributed by atoms with Crippen molar-refractivity contribution < 1.29 is 9.53 Å². The van der Waals surface area contributed by atoms with E-state index in [0.717, 1.165) is 26.2 Å². The third-order valence-electron chi connectivity index (χ3n) is 3.68. The van der Waals surface area contributed by atoms with E-state index in [1.54, 1.807) is 4.90 Å². The lowest BCUT2D eigenvalue weighted by atomic mass is 10.1. The molecule has 2 saturated heterocycles. The van der Waals surface area contributed by atoms with Crippen molar-refractivity contribution >= 4 is 6.09 Å². The zero-order chi connectivity index (χ0) is 13.3. The Morgan fingerprint density at radius 3 is 2.61 bits per heavy atom. The fraction of sp³-hybridized carbons (Fsp3) is 0.923. The number of nitrogens with zero attached hydrogens (tertiary/aromatic N) is 2. The molecule has 5 nitrogen and oxygen atoms in total. The van der Waals surface area contributed by atoms with E-state index in [2.05, 4.69) is 4.90 Å². The van der Waals surface area contributed by atoms with E-state index in [9.17, 15) is 4.79 Å². The summed E-state index contributed by atoms with van der Waals surface area (Å²) in [6.45, 7) is 9.10. The largest absolute Gasteiger partial charge is 0.444 e. The van der Waals surface area contributed by atoms with Crippen LogP contribution in [0.15, 0.2) is 0 Å². The first-order valence-electron chi connectivity index (χ1n) is 6.84. The molecule has 0 aromatic rings. The van der Waals surface area contributed by atoms with Crippen LogP contribution >= 0.6 is 0 Å². The van der Waals surface area contributed by atoms with E-state index in [0.29, 0.717) is 12.1 Å². The molecular weight excluding hydrogens is 230 g/mol. The summed E-state index contributed by atoms with van der Waals surface area (Å²) in [7, 11) is 0. The van der Waals surface area contributed by atoms with Crippen LogP contribution in [0.2, 0.25) is 0 Å². The highest BCUT2D eigenvalue weighted by Gasteiger charge is 2.40. The van der Waals surface area contributed by atoms with Crippen molar-refractivity contribution in [2.45, 2.75) is 51.3 Å². The first kappa shape index (κ1) is 13.6. The second-order valence-electron chi connectivity index (χ2n) is 6.31. The lowest BCUT2D eigenvalue weighted by Gasteiger charge is -2.45. The molecule has 2 heterocycles. The topological polar surface area (TPSA) is 58.8 Å². The number of hydrogen-bond donors (Lipinski definition) is 1. The molecule has 0 spiro atoms. The number of carbonyl (C=O) groups excluding carboxylic acids is 1. The van der Waals surface area contributed by atoms with Crippen molar-refractivity contribution in [1.29, 1.82) is 0 Å². The van der Waals surface area contributed by atoms with E-state index in [1.165, 1.54) is 12.8 Å². The zero-order valence-electron chi connectivity index (χ0n) is 11.7. The summed E-state index contributed by atoms with van der Waals surface area (Å²) in [4.78, 5) is 16.1. The van der Waals surface area contributed by atoms with Gasteiger partial charge in [0.25, 0.3) is 0 Å². The van der Waals surface area contributed by atoms with Crippen LogP contribution in [0, 0.1) is 0 Å². The Balaban J connectivity index is 1.78. The smallest absolute Gasteiger partial charge is 0.410 e. The van der Waals surface area contributed by atoms with E-state index < -0.39 is 5.60 Å². The predicted octanol–water partition coefficient (Wildman–Crippen LogP) is 1.03. The minimum atomic E-state index is -0.407. The van der Waals surface area contributed by atoms with Gasteiger partial charge >= 0.3 is 6.09 Å². The molecule has 2 aliphatic rings. The van der Waals surface area contributed by atoms with Crippen molar-refractivity contribution in [1.82, 2.24) is 9.80 Å². The van der Waals surface area contributed by atoms with Gasteiger partial charge in [-0.05, 0) is 40.2 Å². The number of rotatable bonds is 2. The summed E-state index contributed by atoms with van der Waals surface area (Å²) in [6.07, 6.45) is 2.23. The Morgan fingerprint density at radius 2 is 2.06 bits per heavy atom. The number of nitrogens with two attached hydrogens (primary N) is 1. The van der Waals surface area contributed by atoms with Gasteiger partial charge in [0.1, 0.15) is 5.60 Å². The van der Waals surface area contributed by atoms with Crippen LogP contribution in [0.25, 0.3) is 0 Å². The average molecular weight is 255 g/mol. The molecule has 2 aliphatic heterocycles. The van der Waals surface area contributed by atoms with Crippen molar-refractivity contribution in [3.63, 3.8) is 0 Å². The molecule has 104 valence electrons. The minimum absolute atomic E-state index is 0.192. The highest BCUT2D eigenvalue weighted by Crippen LogP contribution is 2.25. The maximum absolute atomic E-state index is 11.8. The Labute approximate surface area is 109 Å². The summed E-state index contributed by atoms with van der Waals surface area (Å²) in [5.74, 6) is 0. The van der Waals surface area contributed by atoms with Crippen LogP contribution in [-0.4, -0.2) is 59.8 Å². The van der Waals surface area contributed by atoms with Crippen molar-refractivity contribution in [2.24, 2.45) is 5.73 Å². The van der Waals surface area contributed by atoms with Crippen LogP contribution in [0.4, 0.5) is 4.79 Å². The van der Waals surface area contributed by atoms with Gasteiger partial charge in [-0.1, -0.05) is 0 Å². The summed E-state index contributed by atoms with van der Waals surface area (Å²) in [5.41, 5.74) is 5.36. The lowest BCUT2D eigenvalue weighted by Crippen LogP contribution is -2.63. The molecule has 1 amide bonds. The lowest BCUT2D eigenvalue weighted by molar-refractivity contribution is -0.0172. The standard InChI is InChI=1S/C13H25N3O2/c1-13(2,3)18-12(17)15-8-11(9-15)16-6-4-5-10(16)7-14/h10-11H,4-9,14H2,1-3H3. The van der Waals surface area contributed by atoms with E-state index >= 15 is 0 Å². The van der Waals surface area contributed by atoms with Gasteiger partial charge in [-0.25, -0.2) is 4.79 Å². The number of hydrogen-bond acceptors (Lipinski definition) is 4. The molecule has 0 aromatic carbocycles. The fourth-order valence-electron chi connectivity index (χ4n) is 2.73. The van der Waals surface area contributed by atoms with Gasteiger partial charge in [0.2, 0.25) is 0 Å².